The Morgan fingerprint density at radius 1 is 1.36 bits per heavy atom. The summed E-state index contributed by atoms with van der Waals surface area (Å²) in [4.78, 5) is 0. The van der Waals surface area contributed by atoms with Crippen LogP contribution in [0.25, 0.3) is 0 Å². The lowest BCUT2D eigenvalue weighted by Crippen LogP contribution is -2.26. The van der Waals surface area contributed by atoms with Gasteiger partial charge in [0.15, 0.2) is 0 Å². The summed E-state index contributed by atoms with van der Waals surface area (Å²) in [6, 6.07) is -0.337. The lowest BCUT2D eigenvalue weighted by Gasteiger charge is -2.15. The van der Waals surface area contributed by atoms with Crippen molar-refractivity contribution in [3.05, 3.63) is 0 Å². The van der Waals surface area contributed by atoms with Crippen molar-refractivity contribution in [3.63, 3.8) is 0 Å². The van der Waals surface area contributed by atoms with Crippen molar-refractivity contribution in [3.8, 4) is 0 Å². The van der Waals surface area contributed by atoms with Crippen LogP contribution in [0.2, 0.25) is 0 Å². The van der Waals surface area contributed by atoms with Crippen LogP contribution in [0.3, 0.4) is 0 Å². The van der Waals surface area contributed by atoms with Gasteiger partial charge < -0.3 is 5.73 Å². The average Bonchev–Trinajstić information content (AvgIpc) is 2.09. The van der Waals surface area contributed by atoms with E-state index in [0.29, 0.717) is 11.0 Å². The Bertz CT molecular complexity index is 149. The Morgan fingerprint density at radius 3 is 2.36 bits per heavy atom. The van der Waals surface area contributed by atoms with Crippen molar-refractivity contribution in [2.45, 2.75) is 50.6 Å². The van der Waals surface area contributed by atoms with Gasteiger partial charge in [-0.15, -0.1) is 0 Å². The fourth-order valence-corrected chi connectivity index (χ4v) is 1.82. The lowest BCUT2D eigenvalue weighted by molar-refractivity contribution is -0.136. The number of alkyl halides is 3. The summed E-state index contributed by atoms with van der Waals surface area (Å²) in [7, 11) is 0. The van der Waals surface area contributed by atoms with Crippen LogP contribution in [-0.2, 0) is 0 Å². The maximum Gasteiger partial charge on any atom is 0.389 e. The zero-order valence-corrected chi connectivity index (χ0v) is 9.42. The molecule has 0 fully saturated rings. The van der Waals surface area contributed by atoms with E-state index in [0.717, 1.165) is 6.42 Å². The highest BCUT2D eigenvalue weighted by atomic mass is 32.2. The molecule has 5 heteroatoms. The van der Waals surface area contributed by atoms with Gasteiger partial charge >= 0.3 is 6.18 Å². The molecule has 2 N–H and O–H groups in total. The molecule has 0 aromatic carbocycles. The summed E-state index contributed by atoms with van der Waals surface area (Å²) in [5, 5.41) is 0.479. The number of nitrogens with two attached hydrogens (primary N) is 1. The number of thioether (sulfide) groups is 1. The van der Waals surface area contributed by atoms with Crippen LogP contribution in [0.15, 0.2) is 0 Å². The summed E-state index contributed by atoms with van der Waals surface area (Å²) in [5.41, 5.74) is 5.56. The summed E-state index contributed by atoms with van der Waals surface area (Å²) in [5.74, 6) is 0.616. The molecule has 0 saturated carbocycles. The molecule has 0 aromatic heterocycles. The number of halogens is 3. The minimum atomic E-state index is -4.07. The van der Waals surface area contributed by atoms with Gasteiger partial charge in [0.1, 0.15) is 0 Å². The maximum atomic E-state index is 11.8. The first-order valence-corrected chi connectivity index (χ1v) is 5.84. The molecule has 0 bridgehead atoms. The fraction of sp³-hybridized carbons (Fsp3) is 1.00. The largest absolute Gasteiger partial charge is 0.389 e. The highest BCUT2D eigenvalue weighted by Crippen LogP contribution is 2.23. The van der Waals surface area contributed by atoms with E-state index in [9.17, 15) is 13.2 Å². The molecule has 0 saturated heterocycles. The zero-order valence-electron chi connectivity index (χ0n) is 8.60. The molecule has 2 unspecified atom stereocenters. The van der Waals surface area contributed by atoms with Gasteiger partial charge in [-0.25, -0.2) is 0 Å². The monoisotopic (exact) mass is 229 g/mol. The highest BCUT2D eigenvalue weighted by molar-refractivity contribution is 7.99. The number of hydrogen-bond acceptors (Lipinski definition) is 2. The van der Waals surface area contributed by atoms with E-state index in [1.807, 2.05) is 0 Å². The minimum Gasteiger partial charge on any atom is -0.327 e. The van der Waals surface area contributed by atoms with Crippen LogP contribution in [-0.4, -0.2) is 23.2 Å². The Labute approximate surface area is 87.6 Å². The van der Waals surface area contributed by atoms with E-state index >= 15 is 0 Å². The summed E-state index contributed by atoms with van der Waals surface area (Å²) < 4.78 is 35.5. The van der Waals surface area contributed by atoms with E-state index < -0.39 is 12.6 Å². The van der Waals surface area contributed by atoms with Gasteiger partial charge in [0, 0.05) is 23.5 Å². The van der Waals surface area contributed by atoms with Gasteiger partial charge in [-0.2, -0.15) is 24.9 Å². The summed E-state index contributed by atoms with van der Waals surface area (Å²) in [6.45, 7) is 4.11. The number of hydrogen-bond donors (Lipinski definition) is 1. The van der Waals surface area contributed by atoms with Crippen molar-refractivity contribution >= 4 is 11.8 Å². The second-order valence-electron chi connectivity index (χ2n) is 3.47. The lowest BCUT2D eigenvalue weighted by atomic mass is 10.2. The fourth-order valence-electron chi connectivity index (χ4n) is 0.838. The zero-order chi connectivity index (χ0) is 11.2. The molecule has 0 rings (SSSR count). The van der Waals surface area contributed by atoms with Crippen molar-refractivity contribution < 1.29 is 13.2 Å². The molecular formula is C9H18F3NS. The minimum absolute atomic E-state index is 0.0347. The molecule has 0 aliphatic carbocycles. The first-order chi connectivity index (χ1) is 6.35. The Kier molecular flexibility index (Phi) is 6.61. The first kappa shape index (κ1) is 14.1. The Balaban J connectivity index is 3.51. The quantitative estimate of drug-likeness (QED) is 0.757. The Hall–Kier alpha value is 0.100. The standard InChI is InChI=1S/C9H18F3NS/c1-3-7(2)14-6-8(13)4-5-9(10,11)12/h7-8H,3-6,13H2,1-2H3. The van der Waals surface area contributed by atoms with Gasteiger partial charge in [0.25, 0.3) is 0 Å². The van der Waals surface area contributed by atoms with Gasteiger partial charge in [-0.3, -0.25) is 0 Å². The molecule has 0 amide bonds. The van der Waals surface area contributed by atoms with E-state index in [-0.39, 0.29) is 12.5 Å². The van der Waals surface area contributed by atoms with Crippen LogP contribution in [0.1, 0.15) is 33.1 Å². The molecule has 2 atom stereocenters. The average molecular weight is 229 g/mol. The van der Waals surface area contributed by atoms with E-state index in [2.05, 4.69) is 13.8 Å². The van der Waals surface area contributed by atoms with Gasteiger partial charge in [0.05, 0.1) is 0 Å². The third-order valence-corrected chi connectivity index (χ3v) is 3.49. The van der Waals surface area contributed by atoms with Crippen LogP contribution in [0, 0.1) is 0 Å². The number of rotatable bonds is 6. The van der Waals surface area contributed by atoms with Gasteiger partial charge in [-0.05, 0) is 12.8 Å². The van der Waals surface area contributed by atoms with E-state index in [1.54, 1.807) is 11.8 Å². The maximum absolute atomic E-state index is 11.8. The highest BCUT2D eigenvalue weighted by Gasteiger charge is 2.27. The van der Waals surface area contributed by atoms with Gasteiger partial charge in [0.2, 0.25) is 0 Å². The third kappa shape index (κ3) is 8.69. The van der Waals surface area contributed by atoms with Crippen molar-refractivity contribution in [2.24, 2.45) is 5.73 Å². The topological polar surface area (TPSA) is 26.0 Å². The van der Waals surface area contributed by atoms with Gasteiger partial charge in [-0.1, -0.05) is 13.8 Å². The first-order valence-electron chi connectivity index (χ1n) is 4.79. The third-order valence-electron chi connectivity index (χ3n) is 1.97. The summed E-state index contributed by atoms with van der Waals surface area (Å²) >= 11 is 1.64. The predicted octanol–water partition coefficient (Wildman–Crippen LogP) is 3.19. The predicted molar refractivity (Wildman–Crippen MR) is 55.5 cm³/mol. The van der Waals surface area contributed by atoms with Crippen LogP contribution in [0.4, 0.5) is 13.2 Å². The summed E-state index contributed by atoms with van der Waals surface area (Å²) in [6.07, 6.45) is -3.78. The second-order valence-corrected chi connectivity index (χ2v) is 4.94. The molecule has 86 valence electrons. The molecular weight excluding hydrogens is 211 g/mol. The molecule has 0 aromatic rings. The molecule has 0 radical (unpaired) electrons. The SMILES string of the molecule is CCC(C)SCC(N)CCC(F)(F)F. The smallest absolute Gasteiger partial charge is 0.327 e. The van der Waals surface area contributed by atoms with Crippen molar-refractivity contribution in [1.29, 1.82) is 0 Å². The Morgan fingerprint density at radius 2 is 1.93 bits per heavy atom. The van der Waals surface area contributed by atoms with Crippen LogP contribution in [0.5, 0.6) is 0 Å². The van der Waals surface area contributed by atoms with Crippen molar-refractivity contribution in [1.82, 2.24) is 0 Å². The molecule has 1 nitrogen and oxygen atoms in total. The molecule has 0 heterocycles. The molecule has 0 aliphatic heterocycles. The molecule has 14 heavy (non-hydrogen) atoms. The van der Waals surface area contributed by atoms with E-state index in [4.69, 9.17) is 5.73 Å². The van der Waals surface area contributed by atoms with Crippen LogP contribution >= 0.6 is 11.8 Å². The normalized spacial score (nSPS) is 16.7. The van der Waals surface area contributed by atoms with Crippen molar-refractivity contribution in [2.75, 3.05) is 5.75 Å². The molecule has 0 aliphatic rings. The molecule has 0 spiro atoms. The van der Waals surface area contributed by atoms with Crippen LogP contribution < -0.4 is 5.73 Å². The van der Waals surface area contributed by atoms with E-state index in [1.165, 1.54) is 0 Å². The second kappa shape index (κ2) is 6.56.